The minimum Gasteiger partial charge on any atom is -0.310 e. The molecule has 0 atom stereocenters. The molecule has 64 heavy (non-hydrogen) atoms. The number of hydrogen-bond donors (Lipinski definition) is 0. The zero-order valence-corrected chi connectivity index (χ0v) is 35.4. The first-order valence-corrected chi connectivity index (χ1v) is 22.3. The third-order valence-electron chi connectivity index (χ3n) is 13.1. The van der Waals surface area contributed by atoms with E-state index < -0.39 is 0 Å². The summed E-state index contributed by atoms with van der Waals surface area (Å²) in [6, 6.07) is 89.2. The first-order valence-electron chi connectivity index (χ1n) is 22.3. The van der Waals surface area contributed by atoms with Crippen LogP contribution in [0.5, 0.6) is 0 Å². The third kappa shape index (κ3) is 6.60. The molecule has 0 unspecified atom stereocenters. The fourth-order valence-corrected chi connectivity index (χ4v) is 10.1. The lowest BCUT2D eigenvalue weighted by molar-refractivity contribution is 1.14. The first kappa shape index (κ1) is 37.6. The van der Waals surface area contributed by atoms with Gasteiger partial charge in [0.05, 0.1) is 16.7 Å². The Balaban J connectivity index is 1.03. The molecule has 11 aromatic rings. The summed E-state index contributed by atoms with van der Waals surface area (Å²) in [5.74, 6) is 0. The van der Waals surface area contributed by atoms with Crippen molar-refractivity contribution < 1.29 is 0 Å². The Bertz CT molecular complexity index is 3470. The number of hydrogen-bond acceptors (Lipinski definition) is 1. The second kappa shape index (κ2) is 15.9. The zero-order valence-electron chi connectivity index (χ0n) is 35.4. The summed E-state index contributed by atoms with van der Waals surface area (Å²) < 4.78 is 2.39. The molecule has 0 fully saturated rings. The normalized spacial score (nSPS) is 11.9. The van der Waals surface area contributed by atoms with Gasteiger partial charge in [-0.3, -0.25) is 0 Å². The lowest BCUT2D eigenvalue weighted by atomic mass is 9.83. The fraction of sp³-hybridized carbons (Fsp3) is 0.0323. The SMILES string of the molecule is c1ccc(-c2ccc(N(c3ccc(-c4ccc5c6ccccc6n(-c6ccccc6)c5c4)cc3)c3cccc4c3-c3ccccc3Cc3ccccc3-c3ccccc3C4)cc2)cc1. The molecule has 0 amide bonds. The van der Waals surface area contributed by atoms with Crippen LogP contribution in [0.15, 0.2) is 243 Å². The molecule has 0 bridgehead atoms. The predicted octanol–water partition coefficient (Wildman–Crippen LogP) is 16.4. The standard InChI is InChI=1S/C62H44N2/c1-3-16-43(17-4-1)44-30-35-52(36-31-44)63(53-37-32-45(33-38-53)46-34-39-58-57-27-13-14-28-59(57)64(61(58)42-46)51-22-5-2-6-23-51)60-29-15-21-50-41-48-19-8-11-25-55(48)54-24-10-7-18-47(54)40-49-20-9-12-26-56(49)62(50)60/h1-39,42H,40-41H2. The van der Waals surface area contributed by atoms with Gasteiger partial charge in [0.15, 0.2) is 0 Å². The summed E-state index contributed by atoms with van der Waals surface area (Å²) in [4.78, 5) is 2.47. The van der Waals surface area contributed by atoms with Crippen molar-refractivity contribution in [3.05, 3.63) is 265 Å². The number of nitrogens with zero attached hydrogens (tertiary/aromatic N) is 2. The van der Waals surface area contributed by atoms with Gasteiger partial charge in [0.25, 0.3) is 0 Å². The van der Waals surface area contributed by atoms with Crippen molar-refractivity contribution in [3.8, 4) is 50.2 Å². The van der Waals surface area contributed by atoms with E-state index >= 15 is 0 Å². The smallest absolute Gasteiger partial charge is 0.0547 e. The van der Waals surface area contributed by atoms with E-state index in [0.29, 0.717) is 0 Å². The lowest BCUT2D eigenvalue weighted by Crippen LogP contribution is -2.13. The van der Waals surface area contributed by atoms with Crippen LogP contribution in [0.2, 0.25) is 0 Å². The average Bonchev–Trinajstić information content (AvgIpc) is 3.69. The highest BCUT2D eigenvalue weighted by Gasteiger charge is 2.24. The fourth-order valence-electron chi connectivity index (χ4n) is 10.1. The summed E-state index contributed by atoms with van der Waals surface area (Å²) in [7, 11) is 0. The van der Waals surface area contributed by atoms with Gasteiger partial charge in [-0.2, -0.15) is 0 Å². The number of rotatable bonds is 6. The molecular formula is C62H44N2. The maximum Gasteiger partial charge on any atom is 0.0547 e. The molecule has 0 saturated carbocycles. The molecule has 1 heterocycles. The first-order chi connectivity index (χ1) is 31.7. The number of fused-ring (bicyclic) bond motifs is 9. The van der Waals surface area contributed by atoms with Crippen molar-refractivity contribution in [3.63, 3.8) is 0 Å². The Kier molecular flexibility index (Phi) is 9.34. The van der Waals surface area contributed by atoms with Crippen LogP contribution in [0.3, 0.4) is 0 Å². The minimum absolute atomic E-state index is 0.809. The average molecular weight is 817 g/mol. The van der Waals surface area contributed by atoms with Crippen molar-refractivity contribution in [2.75, 3.05) is 4.90 Å². The van der Waals surface area contributed by atoms with E-state index in [1.165, 1.54) is 88.6 Å². The lowest BCUT2D eigenvalue weighted by Gasteiger charge is -2.30. The molecule has 0 spiro atoms. The maximum absolute atomic E-state index is 2.47. The quantitative estimate of drug-likeness (QED) is 0.162. The molecule has 12 rings (SSSR count). The Morgan fingerprint density at radius 2 is 0.781 bits per heavy atom. The van der Waals surface area contributed by atoms with E-state index in [1.807, 2.05) is 0 Å². The summed E-state index contributed by atoms with van der Waals surface area (Å²) in [5.41, 5.74) is 22.2. The number of benzene rings is 10. The van der Waals surface area contributed by atoms with Crippen LogP contribution < -0.4 is 4.90 Å². The molecule has 2 nitrogen and oxygen atoms in total. The van der Waals surface area contributed by atoms with Gasteiger partial charge in [0.2, 0.25) is 0 Å². The summed E-state index contributed by atoms with van der Waals surface area (Å²) >= 11 is 0. The predicted molar refractivity (Wildman–Crippen MR) is 269 cm³/mol. The number of anilines is 3. The molecule has 10 aromatic carbocycles. The van der Waals surface area contributed by atoms with Gasteiger partial charge >= 0.3 is 0 Å². The van der Waals surface area contributed by atoms with E-state index in [9.17, 15) is 0 Å². The van der Waals surface area contributed by atoms with Crippen LogP contribution in [0.1, 0.15) is 22.3 Å². The molecule has 0 N–H and O–H groups in total. The van der Waals surface area contributed by atoms with Crippen LogP contribution >= 0.6 is 0 Å². The molecular weight excluding hydrogens is 773 g/mol. The Morgan fingerprint density at radius 1 is 0.312 bits per heavy atom. The monoisotopic (exact) mass is 816 g/mol. The van der Waals surface area contributed by atoms with Crippen molar-refractivity contribution in [2.45, 2.75) is 12.8 Å². The van der Waals surface area contributed by atoms with Crippen LogP contribution in [0.25, 0.3) is 72.0 Å². The molecule has 0 saturated heterocycles. The van der Waals surface area contributed by atoms with E-state index in [2.05, 4.69) is 252 Å². The van der Waals surface area contributed by atoms with E-state index in [0.717, 1.165) is 35.6 Å². The third-order valence-corrected chi connectivity index (χ3v) is 13.1. The van der Waals surface area contributed by atoms with Gasteiger partial charge in [-0.15, -0.1) is 0 Å². The number of para-hydroxylation sites is 2. The Hall–Kier alpha value is -8.20. The second-order valence-corrected chi connectivity index (χ2v) is 16.9. The molecule has 1 aromatic heterocycles. The second-order valence-electron chi connectivity index (χ2n) is 16.9. The topological polar surface area (TPSA) is 8.17 Å². The highest BCUT2D eigenvalue weighted by atomic mass is 15.1. The van der Waals surface area contributed by atoms with Gasteiger partial charge in [0, 0.05) is 33.4 Å². The van der Waals surface area contributed by atoms with Crippen LogP contribution in [-0.2, 0) is 12.8 Å². The van der Waals surface area contributed by atoms with Crippen LogP contribution in [-0.4, -0.2) is 4.57 Å². The van der Waals surface area contributed by atoms with Crippen LogP contribution in [0, 0.1) is 0 Å². The highest BCUT2D eigenvalue weighted by molar-refractivity contribution is 6.10. The minimum atomic E-state index is 0.809. The molecule has 0 aliphatic heterocycles. The van der Waals surface area contributed by atoms with Gasteiger partial charge in [-0.1, -0.05) is 188 Å². The molecule has 1 aliphatic rings. The van der Waals surface area contributed by atoms with Crippen molar-refractivity contribution in [1.29, 1.82) is 0 Å². The Labute approximate surface area is 374 Å². The number of aromatic nitrogens is 1. The highest BCUT2D eigenvalue weighted by Crippen LogP contribution is 2.46. The van der Waals surface area contributed by atoms with Crippen molar-refractivity contribution in [2.24, 2.45) is 0 Å². The summed E-state index contributed by atoms with van der Waals surface area (Å²) in [6.45, 7) is 0. The van der Waals surface area contributed by atoms with Gasteiger partial charge < -0.3 is 9.47 Å². The van der Waals surface area contributed by atoms with Gasteiger partial charge in [-0.25, -0.2) is 0 Å². The van der Waals surface area contributed by atoms with E-state index in [4.69, 9.17) is 0 Å². The van der Waals surface area contributed by atoms with Crippen LogP contribution in [0.4, 0.5) is 17.1 Å². The van der Waals surface area contributed by atoms with Gasteiger partial charge in [-0.05, 0) is 129 Å². The Morgan fingerprint density at radius 3 is 1.45 bits per heavy atom. The zero-order chi connectivity index (χ0) is 42.4. The molecule has 1 aliphatic carbocycles. The molecule has 0 radical (unpaired) electrons. The largest absolute Gasteiger partial charge is 0.310 e. The summed E-state index contributed by atoms with van der Waals surface area (Å²) in [5, 5.41) is 2.51. The summed E-state index contributed by atoms with van der Waals surface area (Å²) in [6.07, 6.45) is 1.65. The van der Waals surface area contributed by atoms with Crippen molar-refractivity contribution >= 4 is 38.9 Å². The van der Waals surface area contributed by atoms with Gasteiger partial charge in [0.1, 0.15) is 0 Å². The van der Waals surface area contributed by atoms with Crippen molar-refractivity contribution in [1.82, 2.24) is 4.57 Å². The maximum atomic E-state index is 2.47. The molecule has 2 heteroatoms. The van der Waals surface area contributed by atoms with E-state index in [1.54, 1.807) is 0 Å². The molecule has 302 valence electrons. The van der Waals surface area contributed by atoms with E-state index in [-0.39, 0.29) is 0 Å².